The zero-order chi connectivity index (χ0) is 12.5. The molecular weight excluding hydrogens is 277 g/mol. The van der Waals surface area contributed by atoms with E-state index in [4.69, 9.17) is 27.7 Å². The Kier molecular flexibility index (Phi) is 2.73. The van der Waals surface area contributed by atoms with Crippen LogP contribution in [0.4, 0.5) is 0 Å². The van der Waals surface area contributed by atoms with Gasteiger partial charge in [0.25, 0.3) is 5.89 Å². The molecule has 3 rings (SSSR count). The Morgan fingerprint density at radius 3 is 2.61 bits per heavy atom. The summed E-state index contributed by atoms with van der Waals surface area (Å²) in [6.45, 7) is 0. The molecular formula is C10H5Cl2N5O. The number of hydrogen-bond donors (Lipinski definition) is 1. The molecule has 0 atom stereocenters. The quantitative estimate of drug-likeness (QED) is 0.781. The van der Waals surface area contributed by atoms with E-state index in [2.05, 4.69) is 25.3 Å². The average Bonchev–Trinajstić information content (AvgIpc) is 2.99. The third-order valence-corrected chi connectivity index (χ3v) is 2.86. The van der Waals surface area contributed by atoms with Crippen molar-refractivity contribution in [2.45, 2.75) is 0 Å². The monoisotopic (exact) mass is 281 g/mol. The molecule has 1 aromatic carbocycles. The first-order valence-corrected chi connectivity index (χ1v) is 5.65. The van der Waals surface area contributed by atoms with Gasteiger partial charge in [0.05, 0.1) is 15.6 Å². The molecule has 90 valence electrons. The van der Waals surface area contributed by atoms with Gasteiger partial charge in [-0.15, -0.1) is 0 Å². The Morgan fingerprint density at radius 1 is 1.17 bits per heavy atom. The second kappa shape index (κ2) is 4.40. The molecule has 0 spiro atoms. The Balaban J connectivity index is 2.09. The van der Waals surface area contributed by atoms with E-state index in [9.17, 15) is 0 Å². The van der Waals surface area contributed by atoms with Gasteiger partial charge in [0.15, 0.2) is 5.82 Å². The maximum absolute atomic E-state index is 6.05. The van der Waals surface area contributed by atoms with Gasteiger partial charge in [-0.05, 0) is 12.1 Å². The number of aromatic amines is 1. The van der Waals surface area contributed by atoms with Crippen LogP contribution in [-0.4, -0.2) is 25.3 Å². The second-order valence-electron chi connectivity index (χ2n) is 3.35. The Morgan fingerprint density at radius 2 is 1.94 bits per heavy atom. The van der Waals surface area contributed by atoms with Crippen LogP contribution in [0.15, 0.2) is 29.0 Å². The molecule has 3 aromatic rings. The van der Waals surface area contributed by atoms with Gasteiger partial charge in [0.2, 0.25) is 5.82 Å². The molecule has 0 radical (unpaired) electrons. The molecule has 2 heterocycles. The van der Waals surface area contributed by atoms with Crippen LogP contribution in [0.2, 0.25) is 10.0 Å². The normalized spacial score (nSPS) is 10.8. The van der Waals surface area contributed by atoms with E-state index in [1.54, 1.807) is 18.2 Å². The van der Waals surface area contributed by atoms with Crippen LogP contribution in [0.3, 0.4) is 0 Å². The molecule has 8 heteroatoms. The van der Waals surface area contributed by atoms with Crippen LogP contribution in [0.25, 0.3) is 23.1 Å². The number of nitrogens with one attached hydrogen (secondary N) is 1. The van der Waals surface area contributed by atoms with E-state index in [1.165, 1.54) is 6.33 Å². The van der Waals surface area contributed by atoms with E-state index in [0.29, 0.717) is 27.3 Å². The lowest BCUT2D eigenvalue weighted by Crippen LogP contribution is -1.85. The lowest BCUT2D eigenvalue weighted by Gasteiger charge is -1.99. The molecule has 0 fully saturated rings. The zero-order valence-corrected chi connectivity index (χ0v) is 10.3. The molecule has 6 nitrogen and oxygen atoms in total. The van der Waals surface area contributed by atoms with Gasteiger partial charge >= 0.3 is 0 Å². The summed E-state index contributed by atoms with van der Waals surface area (Å²) in [5.74, 6) is 0.934. The van der Waals surface area contributed by atoms with Crippen molar-refractivity contribution in [3.8, 4) is 23.1 Å². The van der Waals surface area contributed by atoms with Gasteiger partial charge in [-0.3, -0.25) is 5.10 Å². The molecule has 2 aromatic heterocycles. The third-order valence-electron chi connectivity index (χ3n) is 2.23. The third kappa shape index (κ3) is 1.85. The van der Waals surface area contributed by atoms with E-state index in [1.807, 2.05) is 0 Å². The highest BCUT2D eigenvalue weighted by Crippen LogP contribution is 2.33. The fourth-order valence-corrected chi connectivity index (χ4v) is 2.00. The number of rotatable bonds is 2. The molecule has 0 amide bonds. The van der Waals surface area contributed by atoms with Crippen molar-refractivity contribution in [3.05, 3.63) is 34.6 Å². The summed E-state index contributed by atoms with van der Waals surface area (Å²) in [5.41, 5.74) is 0.499. The van der Waals surface area contributed by atoms with Gasteiger partial charge < -0.3 is 4.52 Å². The lowest BCUT2D eigenvalue weighted by molar-refractivity contribution is 0.432. The molecule has 0 unspecified atom stereocenters. The van der Waals surface area contributed by atoms with E-state index in [0.717, 1.165) is 0 Å². The molecule has 0 aliphatic rings. The molecule has 18 heavy (non-hydrogen) atoms. The van der Waals surface area contributed by atoms with Crippen molar-refractivity contribution in [1.82, 2.24) is 25.3 Å². The first kappa shape index (κ1) is 11.2. The van der Waals surface area contributed by atoms with Gasteiger partial charge in [-0.1, -0.05) is 34.4 Å². The summed E-state index contributed by atoms with van der Waals surface area (Å²) in [6.07, 6.45) is 1.36. The number of benzene rings is 1. The summed E-state index contributed by atoms with van der Waals surface area (Å²) in [4.78, 5) is 8.08. The highest BCUT2D eigenvalue weighted by Gasteiger charge is 2.17. The molecule has 1 N–H and O–H groups in total. The first-order valence-electron chi connectivity index (χ1n) is 4.89. The minimum absolute atomic E-state index is 0.233. The van der Waals surface area contributed by atoms with Gasteiger partial charge in [0, 0.05) is 0 Å². The average molecular weight is 282 g/mol. The fourth-order valence-electron chi connectivity index (χ4n) is 1.44. The number of halogens is 2. The maximum atomic E-state index is 6.05. The zero-order valence-electron chi connectivity index (χ0n) is 8.76. The van der Waals surface area contributed by atoms with Crippen molar-refractivity contribution < 1.29 is 4.52 Å². The highest BCUT2D eigenvalue weighted by atomic mass is 35.5. The maximum Gasteiger partial charge on any atom is 0.261 e. The van der Waals surface area contributed by atoms with Crippen molar-refractivity contribution in [2.24, 2.45) is 0 Å². The standard InChI is InChI=1S/C10H5Cl2N5O/c11-5-2-1-3-6(12)7(5)10-15-9(17-18-10)8-13-4-14-16-8/h1-4H,(H,13,14,16). The predicted molar refractivity (Wildman–Crippen MR) is 65.1 cm³/mol. The predicted octanol–water partition coefficient (Wildman–Crippen LogP) is 2.83. The van der Waals surface area contributed by atoms with E-state index < -0.39 is 0 Å². The summed E-state index contributed by atoms with van der Waals surface area (Å²) in [6, 6.07) is 5.13. The topological polar surface area (TPSA) is 80.5 Å². The fraction of sp³-hybridized carbons (Fsp3) is 0. The molecule has 0 saturated heterocycles. The van der Waals surface area contributed by atoms with Crippen LogP contribution in [-0.2, 0) is 0 Å². The van der Waals surface area contributed by atoms with Crippen molar-refractivity contribution in [3.63, 3.8) is 0 Å². The summed E-state index contributed by atoms with van der Waals surface area (Å²) >= 11 is 12.1. The van der Waals surface area contributed by atoms with E-state index in [-0.39, 0.29) is 5.89 Å². The second-order valence-corrected chi connectivity index (χ2v) is 4.17. The van der Waals surface area contributed by atoms with E-state index >= 15 is 0 Å². The summed E-state index contributed by atoms with van der Waals surface area (Å²) < 4.78 is 5.12. The van der Waals surface area contributed by atoms with Crippen molar-refractivity contribution >= 4 is 23.2 Å². The van der Waals surface area contributed by atoms with Crippen LogP contribution in [0, 0.1) is 0 Å². The van der Waals surface area contributed by atoms with Crippen molar-refractivity contribution in [2.75, 3.05) is 0 Å². The molecule has 0 saturated carbocycles. The molecule has 0 aliphatic heterocycles. The number of hydrogen-bond acceptors (Lipinski definition) is 5. The minimum Gasteiger partial charge on any atom is -0.333 e. The first-order chi connectivity index (χ1) is 8.75. The number of nitrogens with zero attached hydrogens (tertiary/aromatic N) is 4. The Bertz CT molecular complexity index is 659. The molecule has 0 bridgehead atoms. The van der Waals surface area contributed by atoms with Crippen LogP contribution in [0.1, 0.15) is 0 Å². The van der Waals surface area contributed by atoms with Gasteiger partial charge in [-0.2, -0.15) is 10.1 Å². The van der Waals surface area contributed by atoms with Crippen LogP contribution >= 0.6 is 23.2 Å². The Labute approximate surface area is 111 Å². The highest BCUT2D eigenvalue weighted by molar-refractivity contribution is 6.38. The summed E-state index contributed by atoms with van der Waals surface area (Å²) in [7, 11) is 0. The largest absolute Gasteiger partial charge is 0.333 e. The number of H-pyrrole nitrogens is 1. The number of aromatic nitrogens is 5. The SMILES string of the molecule is Clc1cccc(Cl)c1-c1nc(-c2ncn[nH]2)no1. The van der Waals surface area contributed by atoms with Crippen LogP contribution in [0.5, 0.6) is 0 Å². The van der Waals surface area contributed by atoms with Crippen molar-refractivity contribution in [1.29, 1.82) is 0 Å². The van der Waals surface area contributed by atoms with Gasteiger partial charge in [-0.25, -0.2) is 4.98 Å². The van der Waals surface area contributed by atoms with Gasteiger partial charge in [0.1, 0.15) is 6.33 Å². The minimum atomic E-state index is 0.233. The molecule has 0 aliphatic carbocycles. The smallest absolute Gasteiger partial charge is 0.261 e. The van der Waals surface area contributed by atoms with Crippen LogP contribution < -0.4 is 0 Å². The Hall–Kier alpha value is -1.92. The lowest BCUT2D eigenvalue weighted by atomic mass is 10.2. The summed E-state index contributed by atoms with van der Waals surface area (Å²) in [5, 5.41) is 11.0.